The Hall–Kier alpha value is -2.46. The lowest BCUT2D eigenvalue weighted by Gasteiger charge is -2.05. The van der Waals surface area contributed by atoms with Gasteiger partial charge in [0.05, 0.1) is 12.7 Å². The average molecular weight is 301 g/mol. The lowest BCUT2D eigenvalue weighted by Crippen LogP contribution is -1.89. The van der Waals surface area contributed by atoms with E-state index in [1.165, 1.54) is 0 Å². The van der Waals surface area contributed by atoms with Crippen molar-refractivity contribution in [2.45, 2.75) is 0 Å². The Labute approximate surface area is 127 Å². The van der Waals surface area contributed by atoms with Gasteiger partial charge in [0.25, 0.3) is 0 Å². The van der Waals surface area contributed by atoms with Crippen molar-refractivity contribution in [1.29, 1.82) is 0 Å². The third-order valence-electron chi connectivity index (χ3n) is 3.18. The Morgan fingerprint density at radius 1 is 1.10 bits per heavy atom. The Balaban J connectivity index is 2.14. The fraction of sp³-hybridized carbons (Fsp3) is 0.0625. The van der Waals surface area contributed by atoms with Crippen molar-refractivity contribution in [2.75, 3.05) is 12.8 Å². The van der Waals surface area contributed by atoms with Gasteiger partial charge in [0.15, 0.2) is 11.6 Å². The maximum atomic E-state index is 5.95. The van der Waals surface area contributed by atoms with Gasteiger partial charge in [-0.2, -0.15) is 0 Å². The molecule has 1 heterocycles. The van der Waals surface area contributed by atoms with Crippen LogP contribution in [0.15, 0.2) is 53.1 Å². The van der Waals surface area contributed by atoms with Crippen LogP contribution in [0.2, 0.25) is 5.02 Å². The second kappa shape index (κ2) is 5.50. The lowest BCUT2D eigenvalue weighted by molar-refractivity contribution is 0.413. The Morgan fingerprint density at radius 2 is 1.86 bits per heavy atom. The van der Waals surface area contributed by atoms with Gasteiger partial charge in [-0.1, -0.05) is 41.0 Å². The number of benzene rings is 2. The molecule has 0 unspecified atom stereocenters. The number of anilines is 1. The molecular formula is C16H13ClN2O2. The normalized spacial score (nSPS) is 10.6. The molecule has 0 bridgehead atoms. The first-order valence-corrected chi connectivity index (χ1v) is 6.72. The van der Waals surface area contributed by atoms with Gasteiger partial charge in [-0.25, -0.2) is 0 Å². The molecule has 0 saturated carbocycles. The fourth-order valence-electron chi connectivity index (χ4n) is 2.16. The second-order valence-electron chi connectivity index (χ2n) is 4.51. The number of rotatable bonds is 3. The number of hydrogen-bond donors (Lipinski definition) is 1. The number of hydrogen-bond acceptors (Lipinski definition) is 4. The summed E-state index contributed by atoms with van der Waals surface area (Å²) in [6.45, 7) is 0. The van der Waals surface area contributed by atoms with E-state index in [-0.39, 0.29) is 0 Å². The molecule has 0 amide bonds. The van der Waals surface area contributed by atoms with Crippen molar-refractivity contribution in [3.05, 3.63) is 53.6 Å². The molecule has 2 aromatic carbocycles. The van der Waals surface area contributed by atoms with Gasteiger partial charge < -0.3 is 15.0 Å². The quantitative estimate of drug-likeness (QED) is 0.785. The first-order valence-electron chi connectivity index (χ1n) is 6.34. The van der Waals surface area contributed by atoms with Crippen LogP contribution in [0, 0.1) is 0 Å². The predicted molar refractivity (Wildman–Crippen MR) is 83.3 cm³/mol. The molecule has 106 valence electrons. The van der Waals surface area contributed by atoms with Crippen LogP contribution in [0.1, 0.15) is 0 Å². The van der Waals surface area contributed by atoms with E-state index in [1.54, 1.807) is 19.2 Å². The van der Waals surface area contributed by atoms with Crippen LogP contribution in [0.25, 0.3) is 22.5 Å². The summed E-state index contributed by atoms with van der Waals surface area (Å²) >= 11 is 5.92. The van der Waals surface area contributed by atoms with E-state index in [0.29, 0.717) is 16.6 Å². The molecule has 21 heavy (non-hydrogen) atoms. The number of methoxy groups -OCH3 is 1. The Kier molecular flexibility index (Phi) is 3.54. The summed E-state index contributed by atoms with van der Waals surface area (Å²) in [6, 6.07) is 14.9. The summed E-state index contributed by atoms with van der Waals surface area (Å²) < 4.78 is 10.6. The van der Waals surface area contributed by atoms with Gasteiger partial charge in [-0.3, -0.25) is 0 Å². The SMILES string of the molecule is COc1cccc(-c2onc(N)c2-c2ccc(Cl)cc2)c1. The van der Waals surface area contributed by atoms with Crippen LogP contribution in [-0.2, 0) is 0 Å². The highest BCUT2D eigenvalue weighted by Gasteiger charge is 2.18. The molecule has 5 heteroatoms. The minimum atomic E-state index is 0.343. The molecule has 0 spiro atoms. The zero-order chi connectivity index (χ0) is 14.8. The summed E-state index contributed by atoms with van der Waals surface area (Å²) in [7, 11) is 1.62. The van der Waals surface area contributed by atoms with Gasteiger partial charge in [0, 0.05) is 10.6 Å². The average Bonchev–Trinajstić information content (AvgIpc) is 2.90. The largest absolute Gasteiger partial charge is 0.497 e. The molecule has 0 fully saturated rings. The van der Waals surface area contributed by atoms with E-state index in [4.69, 9.17) is 26.6 Å². The van der Waals surface area contributed by atoms with Crippen LogP contribution < -0.4 is 10.5 Å². The van der Waals surface area contributed by atoms with Crippen molar-refractivity contribution in [3.8, 4) is 28.2 Å². The molecule has 3 rings (SSSR count). The molecule has 2 N–H and O–H groups in total. The number of aromatic nitrogens is 1. The third-order valence-corrected chi connectivity index (χ3v) is 3.44. The van der Waals surface area contributed by atoms with Gasteiger partial charge in [-0.15, -0.1) is 0 Å². The minimum absolute atomic E-state index is 0.343. The Bertz CT molecular complexity index is 766. The maximum Gasteiger partial charge on any atom is 0.177 e. The van der Waals surface area contributed by atoms with Crippen molar-refractivity contribution in [3.63, 3.8) is 0 Å². The van der Waals surface area contributed by atoms with E-state index >= 15 is 0 Å². The molecule has 0 aliphatic heterocycles. The zero-order valence-electron chi connectivity index (χ0n) is 11.3. The van der Waals surface area contributed by atoms with Gasteiger partial charge in [-0.05, 0) is 29.8 Å². The van der Waals surface area contributed by atoms with Crippen molar-refractivity contribution >= 4 is 17.4 Å². The smallest absolute Gasteiger partial charge is 0.177 e. The molecule has 0 atom stereocenters. The zero-order valence-corrected chi connectivity index (χ0v) is 12.1. The van der Waals surface area contributed by atoms with E-state index in [1.807, 2.05) is 36.4 Å². The summed E-state index contributed by atoms with van der Waals surface area (Å²) in [6.07, 6.45) is 0. The van der Waals surface area contributed by atoms with E-state index in [2.05, 4.69) is 5.16 Å². The lowest BCUT2D eigenvalue weighted by atomic mass is 10.0. The summed E-state index contributed by atoms with van der Waals surface area (Å²) in [5.74, 6) is 1.69. The van der Waals surface area contributed by atoms with Crippen molar-refractivity contribution in [2.24, 2.45) is 0 Å². The second-order valence-corrected chi connectivity index (χ2v) is 4.95. The van der Waals surface area contributed by atoms with Crippen LogP contribution in [0.3, 0.4) is 0 Å². The maximum absolute atomic E-state index is 5.95. The van der Waals surface area contributed by atoms with E-state index in [0.717, 1.165) is 22.4 Å². The molecule has 0 aliphatic rings. The van der Waals surface area contributed by atoms with E-state index < -0.39 is 0 Å². The summed E-state index contributed by atoms with van der Waals surface area (Å²) in [5, 5.41) is 4.54. The highest BCUT2D eigenvalue weighted by molar-refractivity contribution is 6.30. The highest BCUT2D eigenvalue weighted by atomic mass is 35.5. The van der Waals surface area contributed by atoms with E-state index in [9.17, 15) is 0 Å². The Morgan fingerprint density at radius 3 is 2.57 bits per heavy atom. The van der Waals surface area contributed by atoms with Gasteiger partial charge in [0.1, 0.15) is 5.75 Å². The van der Waals surface area contributed by atoms with Crippen LogP contribution in [-0.4, -0.2) is 12.3 Å². The molecule has 0 aliphatic carbocycles. The predicted octanol–water partition coefficient (Wildman–Crippen LogP) is 4.25. The number of halogens is 1. The number of ether oxygens (including phenoxy) is 1. The minimum Gasteiger partial charge on any atom is -0.497 e. The molecule has 0 saturated heterocycles. The standard InChI is InChI=1S/C16H13ClN2O2/c1-20-13-4-2-3-11(9-13)15-14(16(18)19-21-15)10-5-7-12(17)8-6-10/h2-9H,1H3,(H2,18,19). The monoisotopic (exact) mass is 300 g/mol. The molecule has 0 radical (unpaired) electrons. The third kappa shape index (κ3) is 2.58. The topological polar surface area (TPSA) is 61.3 Å². The summed E-state index contributed by atoms with van der Waals surface area (Å²) in [4.78, 5) is 0. The first-order chi connectivity index (χ1) is 10.2. The fourth-order valence-corrected chi connectivity index (χ4v) is 2.29. The first kappa shape index (κ1) is 13.5. The van der Waals surface area contributed by atoms with Crippen LogP contribution >= 0.6 is 11.6 Å². The van der Waals surface area contributed by atoms with Crippen molar-refractivity contribution in [1.82, 2.24) is 5.16 Å². The molecule has 1 aromatic heterocycles. The number of nitrogens with zero attached hydrogens (tertiary/aromatic N) is 1. The molecule has 4 nitrogen and oxygen atoms in total. The number of nitrogens with two attached hydrogens (primary N) is 1. The highest BCUT2D eigenvalue weighted by Crippen LogP contribution is 2.37. The summed E-state index contributed by atoms with van der Waals surface area (Å²) in [5.41, 5.74) is 8.45. The molecular weight excluding hydrogens is 288 g/mol. The number of nitrogen functional groups attached to an aromatic ring is 1. The van der Waals surface area contributed by atoms with Gasteiger partial charge in [0.2, 0.25) is 0 Å². The van der Waals surface area contributed by atoms with Crippen LogP contribution in [0.5, 0.6) is 5.75 Å². The van der Waals surface area contributed by atoms with Gasteiger partial charge >= 0.3 is 0 Å². The van der Waals surface area contributed by atoms with Crippen LogP contribution in [0.4, 0.5) is 5.82 Å². The molecule has 3 aromatic rings. The van der Waals surface area contributed by atoms with Crippen molar-refractivity contribution < 1.29 is 9.26 Å².